The highest BCUT2D eigenvalue weighted by Gasteiger charge is 2.26. The molecule has 0 spiro atoms. The van der Waals surface area contributed by atoms with Crippen LogP contribution in [0.15, 0.2) is 60.7 Å². The molecule has 1 atom stereocenters. The van der Waals surface area contributed by atoms with Crippen molar-refractivity contribution in [2.75, 3.05) is 20.3 Å². The molecule has 4 nitrogen and oxygen atoms in total. The molecule has 4 rings (SSSR count). The lowest BCUT2D eigenvalue weighted by Gasteiger charge is -2.29. The highest BCUT2D eigenvalue weighted by Crippen LogP contribution is 2.40. The fourth-order valence-electron chi connectivity index (χ4n) is 3.89. The zero-order chi connectivity index (χ0) is 20.9. The van der Waals surface area contributed by atoms with Gasteiger partial charge in [-0.3, -0.25) is 0 Å². The molecule has 30 heavy (non-hydrogen) atoms. The Bertz CT molecular complexity index is 1000. The molecule has 0 aromatic heterocycles. The minimum Gasteiger partial charge on any atom is -0.493 e. The Morgan fingerprint density at radius 1 is 1.03 bits per heavy atom. The average molecular weight is 424 g/mol. The molecule has 1 unspecified atom stereocenters. The van der Waals surface area contributed by atoms with Crippen molar-refractivity contribution in [3.63, 3.8) is 0 Å². The first-order chi connectivity index (χ1) is 14.7. The van der Waals surface area contributed by atoms with Gasteiger partial charge in [-0.1, -0.05) is 41.9 Å². The number of fused-ring (bicyclic) bond motifs is 1. The van der Waals surface area contributed by atoms with Crippen LogP contribution in [-0.4, -0.2) is 20.3 Å². The van der Waals surface area contributed by atoms with Crippen LogP contribution < -0.4 is 19.5 Å². The lowest BCUT2D eigenvalue weighted by molar-refractivity contribution is 0.304. The maximum Gasteiger partial charge on any atom is 0.164 e. The molecule has 0 amide bonds. The van der Waals surface area contributed by atoms with Crippen LogP contribution in [0.5, 0.6) is 17.2 Å². The number of halogens is 1. The molecule has 1 aliphatic heterocycles. The lowest BCUT2D eigenvalue weighted by Crippen LogP contribution is -2.31. The Morgan fingerprint density at radius 3 is 2.63 bits per heavy atom. The van der Waals surface area contributed by atoms with E-state index in [9.17, 15) is 0 Å². The van der Waals surface area contributed by atoms with Crippen molar-refractivity contribution < 1.29 is 14.2 Å². The molecule has 3 aromatic carbocycles. The molecule has 3 aromatic rings. The zero-order valence-electron chi connectivity index (χ0n) is 17.3. The predicted molar refractivity (Wildman–Crippen MR) is 120 cm³/mol. The zero-order valence-corrected chi connectivity index (χ0v) is 18.0. The molecule has 1 N–H and O–H groups in total. The van der Waals surface area contributed by atoms with Crippen LogP contribution >= 0.6 is 11.6 Å². The van der Waals surface area contributed by atoms with E-state index in [1.54, 1.807) is 7.11 Å². The third-order valence-electron chi connectivity index (χ3n) is 5.31. The summed E-state index contributed by atoms with van der Waals surface area (Å²) in [5.74, 6) is 2.49. The monoisotopic (exact) mass is 423 g/mol. The van der Waals surface area contributed by atoms with E-state index in [1.165, 1.54) is 11.1 Å². The van der Waals surface area contributed by atoms with Crippen molar-refractivity contribution in [1.29, 1.82) is 0 Å². The van der Waals surface area contributed by atoms with Crippen molar-refractivity contribution in [2.45, 2.75) is 26.0 Å². The van der Waals surface area contributed by atoms with Crippen LogP contribution in [0.3, 0.4) is 0 Å². The third kappa shape index (κ3) is 4.40. The summed E-state index contributed by atoms with van der Waals surface area (Å²) >= 11 is 5.96. The maximum absolute atomic E-state index is 6.03. The fourth-order valence-corrected chi connectivity index (χ4v) is 4.02. The SMILES string of the molecule is CCOc1c(OC)ccc2c1CCNC2c1cccc(OCc2ccc(Cl)cc2)c1. The van der Waals surface area contributed by atoms with Gasteiger partial charge in [0.15, 0.2) is 11.5 Å². The number of hydrogen-bond donors (Lipinski definition) is 1. The molecule has 0 fully saturated rings. The first kappa shape index (κ1) is 20.6. The summed E-state index contributed by atoms with van der Waals surface area (Å²) in [7, 11) is 1.68. The Morgan fingerprint density at radius 2 is 1.87 bits per heavy atom. The third-order valence-corrected chi connectivity index (χ3v) is 5.57. The minimum atomic E-state index is 0.0814. The van der Waals surface area contributed by atoms with Crippen molar-refractivity contribution in [3.8, 4) is 17.2 Å². The minimum absolute atomic E-state index is 0.0814. The average Bonchev–Trinajstić information content (AvgIpc) is 2.79. The van der Waals surface area contributed by atoms with Crippen LogP contribution in [0.25, 0.3) is 0 Å². The van der Waals surface area contributed by atoms with Gasteiger partial charge in [-0.15, -0.1) is 0 Å². The van der Waals surface area contributed by atoms with Crippen LogP contribution in [0.1, 0.15) is 35.2 Å². The quantitative estimate of drug-likeness (QED) is 0.540. The summed E-state index contributed by atoms with van der Waals surface area (Å²) < 4.78 is 17.5. The highest BCUT2D eigenvalue weighted by molar-refractivity contribution is 6.30. The summed E-state index contributed by atoms with van der Waals surface area (Å²) in [5.41, 5.74) is 4.68. The first-order valence-corrected chi connectivity index (χ1v) is 10.6. The molecule has 1 heterocycles. The molecular weight excluding hydrogens is 398 g/mol. The van der Waals surface area contributed by atoms with Gasteiger partial charge in [-0.05, 0) is 60.4 Å². The number of rotatable bonds is 7. The van der Waals surface area contributed by atoms with Crippen molar-refractivity contribution in [2.24, 2.45) is 0 Å². The molecule has 1 aliphatic rings. The van der Waals surface area contributed by atoms with Gasteiger partial charge in [0.25, 0.3) is 0 Å². The van der Waals surface area contributed by atoms with Crippen LogP contribution in [0.4, 0.5) is 0 Å². The standard InChI is InChI=1S/C25H26ClNO3/c1-3-29-25-22-13-14-27-24(21(22)11-12-23(25)28-2)18-5-4-6-20(15-18)30-16-17-7-9-19(26)10-8-17/h4-12,15,24,27H,3,13-14,16H2,1-2H3. The van der Waals surface area contributed by atoms with Gasteiger partial charge in [-0.25, -0.2) is 0 Å². The molecule has 0 radical (unpaired) electrons. The first-order valence-electron chi connectivity index (χ1n) is 10.2. The number of hydrogen-bond acceptors (Lipinski definition) is 4. The summed E-state index contributed by atoms with van der Waals surface area (Å²) in [6.45, 7) is 3.99. The molecule has 0 bridgehead atoms. The molecule has 0 saturated carbocycles. The van der Waals surface area contributed by atoms with E-state index in [1.807, 2.05) is 49.4 Å². The van der Waals surface area contributed by atoms with Gasteiger partial charge in [0.05, 0.1) is 19.8 Å². The van der Waals surface area contributed by atoms with Gasteiger partial charge >= 0.3 is 0 Å². The summed E-state index contributed by atoms with van der Waals surface area (Å²) in [4.78, 5) is 0. The Balaban J connectivity index is 1.59. The summed E-state index contributed by atoms with van der Waals surface area (Å²) in [6, 6.07) is 20.2. The van der Waals surface area contributed by atoms with Crippen LogP contribution in [0.2, 0.25) is 5.02 Å². The topological polar surface area (TPSA) is 39.7 Å². The van der Waals surface area contributed by atoms with Crippen molar-refractivity contribution in [3.05, 3.63) is 87.9 Å². The van der Waals surface area contributed by atoms with Crippen LogP contribution in [-0.2, 0) is 13.0 Å². The second kappa shape index (κ2) is 9.41. The van der Waals surface area contributed by atoms with E-state index >= 15 is 0 Å². The fraction of sp³-hybridized carbons (Fsp3) is 0.280. The van der Waals surface area contributed by atoms with E-state index in [2.05, 4.69) is 23.5 Å². The van der Waals surface area contributed by atoms with Crippen LogP contribution in [0, 0.1) is 0 Å². The molecular formula is C25H26ClNO3. The number of ether oxygens (including phenoxy) is 3. The number of nitrogens with one attached hydrogen (secondary N) is 1. The van der Waals surface area contributed by atoms with Crippen molar-refractivity contribution in [1.82, 2.24) is 5.32 Å². The normalized spacial score (nSPS) is 15.4. The predicted octanol–water partition coefficient (Wildman–Crippen LogP) is 5.56. The lowest BCUT2D eigenvalue weighted by atomic mass is 9.89. The Labute approximate surface area is 182 Å². The Kier molecular flexibility index (Phi) is 6.46. The summed E-state index contributed by atoms with van der Waals surface area (Å²) in [5, 5.41) is 4.37. The summed E-state index contributed by atoms with van der Waals surface area (Å²) in [6.07, 6.45) is 0.908. The van der Waals surface area contributed by atoms with E-state index < -0.39 is 0 Å². The van der Waals surface area contributed by atoms with Gasteiger partial charge in [0.2, 0.25) is 0 Å². The van der Waals surface area contributed by atoms with E-state index in [0.29, 0.717) is 13.2 Å². The van der Waals surface area contributed by atoms with E-state index in [0.717, 1.165) is 46.4 Å². The van der Waals surface area contributed by atoms with Gasteiger partial charge in [0, 0.05) is 17.1 Å². The number of benzene rings is 3. The van der Waals surface area contributed by atoms with E-state index in [4.69, 9.17) is 25.8 Å². The maximum atomic E-state index is 6.03. The largest absolute Gasteiger partial charge is 0.493 e. The second-order valence-corrected chi connectivity index (χ2v) is 7.66. The smallest absolute Gasteiger partial charge is 0.164 e. The highest BCUT2D eigenvalue weighted by atomic mass is 35.5. The van der Waals surface area contributed by atoms with Gasteiger partial charge in [-0.2, -0.15) is 0 Å². The molecule has 156 valence electrons. The molecule has 0 aliphatic carbocycles. The van der Waals surface area contributed by atoms with E-state index in [-0.39, 0.29) is 6.04 Å². The molecule has 5 heteroatoms. The van der Waals surface area contributed by atoms with Crippen molar-refractivity contribution >= 4 is 11.6 Å². The van der Waals surface area contributed by atoms with Gasteiger partial charge < -0.3 is 19.5 Å². The van der Waals surface area contributed by atoms with Gasteiger partial charge in [0.1, 0.15) is 12.4 Å². The number of methoxy groups -OCH3 is 1. The molecule has 0 saturated heterocycles. The Hall–Kier alpha value is -2.69. The second-order valence-electron chi connectivity index (χ2n) is 7.22.